The summed E-state index contributed by atoms with van der Waals surface area (Å²) in [5.74, 6) is -0.0851. The van der Waals surface area contributed by atoms with Crippen molar-refractivity contribution in [3.05, 3.63) is 18.0 Å². The number of nitrogens with zero attached hydrogens (tertiary/aromatic N) is 2. The number of rotatable bonds is 3. The van der Waals surface area contributed by atoms with Gasteiger partial charge < -0.3 is 4.74 Å². The maximum Gasteiger partial charge on any atom is 0.211 e. The molecule has 0 radical (unpaired) electrons. The molecule has 4 heteroatoms. The second-order valence-corrected chi connectivity index (χ2v) is 2.62. The SMILES string of the molecule is COC(C)C(=O)c1ccn(C)n1. The molecule has 0 N–H and O–H groups in total. The number of hydrogen-bond acceptors (Lipinski definition) is 3. The number of ketones is 1. The summed E-state index contributed by atoms with van der Waals surface area (Å²) in [5, 5.41) is 3.97. The lowest BCUT2D eigenvalue weighted by Gasteiger charge is -2.04. The third kappa shape index (κ3) is 1.71. The van der Waals surface area contributed by atoms with Gasteiger partial charge in [-0.25, -0.2) is 0 Å². The first-order chi connectivity index (χ1) is 5.65. The lowest BCUT2D eigenvalue weighted by Crippen LogP contribution is -2.19. The van der Waals surface area contributed by atoms with Gasteiger partial charge in [-0.1, -0.05) is 0 Å². The third-order valence-corrected chi connectivity index (χ3v) is 1.69. The molecule has 0 saturated carbocycles. The zero-order valence-corrected chi connectivity index (χ0v) is 7.44. The highest BCUT2D eigenvalue weighted by atomic mass is 16.5. The van der Waals surface area contributed by atoms with Gasteiger partial charge in [-0.3, -0.25) is 9.48 Å². The van der Waals surface area contributed by atoms with Crippen molar-refractivity contribution in [2.45, 2.75) is 13.0 Å². The first kappa shape index (κ1) is 8.93. The normalized spacial score (nSPS) is 12.9. The van der Waals surface area contributed by atoms with E-state index in [0.29, 0.717) is 5.69 Å². The quantitative estimate of drug-likeness (QED) is 0.622. The molecule has 1 unspecified atom stereocenters. The molecular weight excluding hydrogens is 156 g/mol. The van der Waals surface area contributed by atoms with E-state index < -0.39 is 6.10 Å². The molecular formula is C8H12N2O2. The number of carbonyl (C=O) groups is 1. The molecule has 0 fully saturated rings. The molecule has 0 amide bonds. The van der Waals surface area contributed by atoms with Crippen molar-refractivity contribution in [2.75, 3.05) is 7.11 Å². The summed E-state index contributed by atoms with van der Waals surface area (Å²) in [6, 6.07) is 1.68. The summed E-state index contributed by atoms with van der Waals surface area (Å²) in [4.78, 5) is 11.4. The van der Waals surface area contributed by atoms with Crippen LogP contribution in [0.2, 0.25) is 0 Å². The van der Waals surface area contributed by atoms with Crippen LogP contribution in [0.3, 0.4) is 0 Å². The van der Waals surface area contributed by atoms with E-state index in [9.17, 15) is 4.79 Å². The Hall–Kier alpha value is -1.16. The standard InChI is InChI=1S/C8H12N2O2/c1-6(12-3)8(11)7-4-5-10(2)9-7/h4-6H,1-3H3. The molecule has 0 spiro atoms. The summed E-state index contributed by atoms with van der Waals surface area (Å²) >= 11 is 0. The van der Waals surface area contributed by atoms with E-state index in [4.69, 9.17) is 4.74 Å². The molecule has 0 aliphatic rings. The predicted molar refractivity (Wildman–Crippen MR) is 44.0 cm³/mol. The Kier molecular flexibility index (Phi) is 2.60. The van der Waals surface area contributed by atoms with Gasteiger partial charge in [0.25, 0.3) is 0 Å². The molecule has 1 heterocycles. The molecule has 0 saturated heterocycles. The van der Waals surface area contributed by atoms with Crippen LogP contribution in [0.4, 0.5) is 0 Å². The van der Waals surface area contributed by atoms with Gasteiger partial charge in [-0.05, 0) is 13.0 Å². The monoisotopic (exact) mass is 168 g/mol. The average Bonchev–Trinajstić information content (AvgIpc) is 2.49. The van der Waals surface area contributed by atoms with Crippen LogP contribution in [0.5, 0.6) is 0 Å². The fourth-order valence-electron chi connectivity index (χ4n) is 0.862. The highest BCUT2D eigenvalue weighted by Crippen LogP contribution is 2.01. The van der Waals surface area contributed by atoms with Crippen LogP contribution in [-0.4, -0.2) is 28.8 Å². The van der Waals surface area contributed by atoms with Gasteiger partial charge in [-0.15, -0.1) is 0 Å². The number of ether oxygens (including phenoxy) is 1. The highest BCUT2D eigenvalue weighted by molar-refractivity contribution is 5.97. The number of aromatic nitrogens is 2. The zero-order chi connectivity index (χ0) is 9.14. The number of Topliss-reactive ketones (excluding diaryl/α,β-unsaturated/α-hetero) is 1. The second-order valence-electron chi connectivity index (χ2n) is 2.62. The van der Waals surface area contributed by atoms with Crippen LogP contribution < -0.4 is 0 Å². The number of methoxy groups -OCH3 is 1. The van der Waals surface area contributed by atoms with E-state index in [1.165, 1.54) is 7.11 Å². The lowest BCUT2D eigenvalue weighted by atomic mass is 10.2. The predicted octanol–water partition coefficient (Wildman–Crippen LogP) is 0.638. The summed E-state index contributed by atoms with van der Waals surface area (Å²) in [6.45, 7) is 1.71. The van der Waals surface area contributed by atoms with Gasteiger partial charge in [0.2, 0.25) is 5.78 Å². The maximum atomic E-state index is 11.4. The zero-order valence-electron chi connectivity index (χ0n) is 7.44. The smallest absolute Gasteiger partial charge is 0.211 e. The number of aryl methyl sites for hydroxylation is 1. The molecule has 12 heavy (non-hydrogen) atoms. The van der Waals surface area contributed by atoms with Crippen LogP contribution in [0.1, 0.15) is 17.4 Å². The second kappa shape index (κ2) is 3.49. The van der Waals surface area contributed by atoms with Crippen molar-refractivity contribution in [3.8, 4) is 0 Å². The summed E-state index contributed by atoms with van der Waals surface area (Å²) in [6.07, 6.45) is 1.31. The Balaban J connectivity index is 2.78. The Morgan fingerprint density at radius 1 is 1.75 bits per heavy atom. The summed E-state index contributed by atoms with van der Waals surface area (Å²) in [7, 11) is 3.28. The number of carbonyl (C=O) groups excluding carboxylic acids is 1. The minimum Gasteiger partial charge on any atom is -0.374 e. The van der Waals surface area contributed by atoms with E-state index in [-0.39, 0.29) is 5.78 Å². The highest BCUT2D eigenvalue weighted by Gasteiger charge is 2.16. The van der Waals surface area contributed by atoms with E-state index in [2.05, 4.69) is 5.10 Å². The van der Waals surface area contributed by atoms with Gasteiger partial charge in [-0.2, -0.15) is 5.10 Å². The molecule has 0 aliphatic heterocycles. The molecule has 4 nitrogen and oxygen atoms in total. The Labute approximate surface area is 71.1 Å². The van der Waals surface area contributed by atoms with Crippen molar-refractivity contribution in [1.82, 2.24) is 9.78 Å². The Morgan fingerprint density at radius 3 is 2.83 bits per heavy atom. The van der Waals surface area contributed by atoms with Crippen molar-refractivity contribution >= 4 is 5.78 Å². The third-order valence-electron chi connectivity index (χ3n) is 1.69. The first-order valence-electron chi connectivity index (χ1n) is 3.72. The van der Waals surface area contributed by atoms with Gasteiger partial charge in [0.1, 0.15) is 11.8 Å². The van der Waals surface area contributed by atoms with E-state index in [1.807, 2.05) is 0 Å². The van der Waals surface area contributed by atoms with Crippen LogP contribution >= 0.6 is 0 Å². The minimum absolute atomic E-state index is 0.0851. The minimum atomic E-state index is -0.417. The van der Waals surface area contributed by atoms with Crippen molar-refractivity contribution in [3.63, 3.8) is 0 Å². The van der Waals surface area contributed by atoms with E-state index in [1.54, 1.807) is 30.9 Å². The molecule has 1 aromatic heterocycles. The van der Waals surface area contributed by atoms with E-state index in [0.717, 1.165) is 0 Å². The summed E-state index contributed by atoms with van der Waals surface area (Å²) < 4.78 is 6.47. The Morgan fingerprint density at radius 2 is 2.42 bits per heavy atom. The molecule has 0 bridgehead atoms. The van der Waals surface area contributed by atoms with Crippen LogP contribution in [-0.2, 0) is 11.8 Å². The lowest BCUT2D eigenvalue weighted by molar-refractivity contribution is 0.0649. The summed E-state index contributed by atoms with van der Waals surface area (Å²) in [5.41, 5.74) is 0.451. The van der Waals surface area contributed by atoms with Crippen molar-refractivity contribution in [2.24, 2.45) is 7.05 Å². The largest absolute Gasteiger partial charge is 0.374 e. The molecule has 1 rings (SSSR count). The van der Waals surface area contributed by atoms with Crippen LogP contribution in [0, 0.1) is 0 Å². The van der Waals surface area contributed by atoms with Gasteiger partial charge in [0.05, 0.1) is 0 Å². The van der Waals surface area contributed by atoms with Gasteiger partial charge >= 0.3 is 0 Å². The molecule has 0 aromatic carbocycles. The molecule has 1 aromatic rings. The first-order valence-corrected chi connectivity index (χ1v) is 3.72. The molecule has 1 atom stereocenters. The maximum absolute atomic E-state index is 11.4. The van der Waals surface area contributed by atoms with E-state index >= 15 is 0 Å². The average molecular weight is 168 g/mol. The fraction of sp³-hybridized carbons (Fsp3) is 0.500. The molecule has 66 valence electrons. The Bertz CT molecular complexity index is 280. The van der Waals surface area contributed by atoms with Crippen molar-refractivity contribution in [1.29, 1.82) is 0 Å². The molecule has 0 aliphatic carbocycles. The van der Waals surface area contributed by atoms with Gasteiger partial charge in [0, 0.05) is 20.4 Å². The fourth-order valence-corrected chi connectivity index (χ4v) is 0.862. The van der Waals surface area contributed by atoms with Gasteiger partial charge in [0.15, 0.2) is 0 Å². The van der Waals surface area contributed by atoms with Crippen LogP contribution in [0.15, 0.2) is 12.3 Å². The topological polar surface area (TPSA) is 44.1 Å². The van der Waals surface area contributed by atoms with Crippen molar-refractivity contribution < 1.29 is 9.53 Å². The number of hydrogen-bond donors (Lipinski definition) is 0. The van der Waals surface area contributed by atoms with Crippen LogP contribution in [0.25, 0.3) is 0 Å².